The summed E-state index contributed by atoms with van der Waals surface area (Å²) in [6.07, 6.45) is 1.69. The second-order valence-electron chi connectivity index (χ2n) is 9.61. The average molecular weight is 525 g/mol. The fraction of sp³-hybridized carbons (Fsp3) is 0.222. The topological polar surface area (TPSA) is 131 Å². The predicted molar refractivity (Wildman–Crippen MR) is 153 cm³/mol. The first-order valence-corrected chi connectivity index (χ1v) is 12.5. The molecule has 0 saturated carbocycles. The number of hydrogen-bond donors (Lipinski definition) is 2. The molecule has 198 valence electrons. The van der Waals surface area contributed by atoms with E-state index in [1.165, 1.54) is 12.1 Å². The van der Waals surface area contributed by atoms with Crippen LogP contribution in [0.2, 0.25) is 6.82 Å². The molecule has 0 aliphatic heterocycles. The number of nitrogens with zero attached hydrogens (tertiary/aromatic N) is 6. The Morgan fingerprint density at radius 3 is 2.72 bits per heavy atom. The van der Waals surface area contributed by atoms with Gasteiger partial charge in [-0.25, -0.2) is 9.97 Å². The minimum Gasteiger partial charge on any atom is -0.492 e. The van der Waals surface area contributed by atoms with Crippen molar-refractivity contribution in [2.45, 2.75) is 13.7 Å². The van der Waals surface area contributed by atoms with Gasteiger partial charge in [-0.05, 0) is 63.7 Å². The Balaban J connectivity index is 1.61. The minimum absolute atomic E-state index is 0.0351. The third-order valence-corrected chi connectivity index (χ3v) is 6.32. The molecule has 0 radical (unpaired) electrons. The van der Waals surface area contributed by atoms with Gasteiger partial charge in [0.2, 0.25) is 0 Å². The van der Waals surface area contributed by atoms with Crippen molar-refractivity contribution in [1.82, 2.24) is 24.6 Å². The van der Waals surface area contributed by atoms with Crippen LogP contribution in [0.1, 0.15) is 5.56 Å². The standard InChI is InChI=1S/C27H28BN7O4/c1-17-12-23-22(15-25(17)39-11-10-33(3)4)27(32-26(31-23)18-6-5-7-21(14-18)35(37)38)30-20-8-9-24-19(13-20)16-29-34(24)28(2)36/h5-9,12-16,36H,10-11H2,1-4H3,(H,30,31,32). The van der Waals surface area contributed by atoms with E-state index < -0.39 is 12.0 Å². The van der Waals surface area contributed by atoms with Crippen molar-refractivity contribution in [3.05, 3.63) is 76.5 Å². The van der Waals surface area contributed by atoms with Crippen LogP contribution >= 0.6 is 0 Å². The van der Waals surface area contributed by atoms with Gasteiger partial charge in [-0.15, -0.1) is 0 Å². The Bertz CT molecular complexity index is 1690. The Morgan fingerprint density at radius 1 is 1.15 bits per heavy atom. The Labute approximate surface area is 225 Å². The number of nitrogens with one attached hydrogen (secondary N) is 1. The van der Waals surface area contributed by atoms with Gasteiger partial charge in [-0.1, -0.05) is 12.1 Å². The molecule has 12 heteroatoms. The number of ether oxygens (including phenoxy) is 1. The zero-order chi connectivity index (χ0) is 27.7. The lowest BCUT2D eigenvalue weighted by atomic mass is 9.89. The van der Waals surface area contributed by atoms with Gasteiger partial charge in [-0.2, -0.15) is 5.10 Å². The van der Waals surface area contributed by atoms with E-state index in [1.54, 1.807) is 29.7 Å². The predicted octanol–water partition coefficient (Wildman–Crippen LogP) is 4.51. The summed E-state index contributed by atoms with van der Waals surface area (Å²) in [5.74, 6) is 1.62. The van der Waals surface area contributed by atoms with Crippen LogP contribution in [0.15, 0.2) is 60.8 Å². The van der Waals surface area contributed by atoms with Gasteiger partial charge in [0, 0.05) is 40.7 Å². The van der Waals surface area contributed by atoms with Crippen molar-refractivity contribution in [3.63, 3.8) is 0 Å². The van der Waals surface area contributed by atoms with Crippen LogP contribution in [-0.2, 0) is 0 Å². The lowest BCUT2D eigenvalue weighted by Gasteiger charge is -2.16. The highest BCUT2D eigenvalue weighted by molar-refractivity contribution is 6.47. The maximum atomic E-state index is 11.4. The van der Waals surface area contributed by atoms with E-state index in [0.29, 0.717) is 29.3 Å². The van der Waals surface area contributed by atoms with Crippen LogP contribution in [0.3, 0.4) is 0 Å². The maximum Gasteiger partial charge on any atom is 0.431 e. The van der Waals surface area contributed by atoms with E-state index in [-0.39, 0.29) is 5.69 Å². The smallest absolute Gasteiger partial charge is 0.431 e. The molecule has 0 bridgehead atoms. The van der Waals surface area contributed by atoms with Crippen molar-refractivity contribution < 1.29 is 14.7 Å². The van der Waals surface area contributed by atoms with Crippen LogP contribution in [0, 0.1) is 17.0 Å². The van der Waals surface area contributed by atoms with E-state index >= 15 is 0 Å². The molecular formula is C27H28BN7O4. The van der Waals surface area contributed by atoms with Crippen LogP contribution in [0.4, 0.5) is 17.2 Å². The molecule has 2 aromatic heterocycles. The van der Waals surface area contributed by atoms with Gasteiger partial charge in [0.1, 0.15) is 18.2 Å². The van der Waals surface area contributed by atoms with E-state index in [9.17, 15) is 15.1 Å². The molecule has 2 N–H and O–H groups in total. The molecule has 0 aliphatic carbocycles. The van der Waals surface area contributed by atoms with Gasteiger partial charge >= 0.3 is 7.05 Å². The number of likely N-dealkylation sites (N-methyl/N-ethyl adjacent to an activating group) is 1. The van der Waals surface area contributed by atoms with Gasteiger partial charge in [0.25, 0.3) is 5.69 Å². The third kappa shape index (κ3) is 5.52. The summed E-state index contributed by atoms with van der Waals surface area (Å²) < 4.78 is 7.61. The normalized spacial score (nSPS) is 11.3. The van der Waals surface area contributed by atoms with E-state index in [0.717, 1.165) is 39.8 Å². The zero-order valence-corrected chi connectivity index (χ0v) is 22.1. The molecule has 5 aromatic rings. The summed E-state index contributed by atoms with van der Waals surface area (Å²) in [5.41, 5.74) is 3.65. The molecule has 0 spiro atoms. The minimum atomic E-state index is -0.751. The Morgan fingerprint density at radius 2 is 1.97 bits per heavy atom. The number of nitro groups is 1. The van der Waals surface area contributed by atoms with Gasteiger partial charge in [0.15, 0.2) is 5.82 Å². The first-order chi connectivity index (χ1) is 18.7. The Hall–Kier alpha value is -4.55. The molecule has 5 rings (SSSR count). The summed E-state index contributed by atoms with van der Waals surface area (Å²) >= 11 is 0. The van der Waals surface area contributed by atoms with Crippen molar-refractivity contribution in [2.75, 3.05) is 32.6 Å². The lowest BCUT2D eigenvalue weighted by molar-refractivity contribution is -0.384. The van der Waals surface area contributed by atoms with Crippen LogP contribution in [0.25, 0.3) is 33.2 Å². The number of fused-ring (bicyclic) bond motifs is 2. The van der Waals surface area contributed by atoms with Crippen LogP contribution in [0.5, 0.6) is 5.75 Å². The summed E-state index contributed by atoms with van der Waals surface area (Å²) in [5, 5.41) is 30.6. The lowest BCUT2D eigenvalue weighted by Crippen LogP contribution is -2.20. The molecule has 2 heterocycles. The second-order valence-corrected chi connectivity index (χ2v) is 9.61. The SMILES string of the molecule is CB(O)n1ncc2cc(Nc3nc(-c4cccc([N+](=O)[O-])c4)nc4cc(C)c(OCCN(C)C)cc34)ccc21. The van der Waals surface area contributed by atoms with Crippen molar-refractivity contribution >= 4 is 46.0 Å². The molecule has 39 heavy (non-hydrogen) atoms. The maximum absolute atomic E-state index is 11.4. The molecule has 11 nitrogen and oxygen atoms in total. The highest BCUT2D eigenvalue weighted by atomic mass is 16.6. The third-order valence-electron chi connectivity index (χ3n) is 6.32. The molecule has 0 amide bonds. The summed E-state index contributed by atoms with van der Waals surface area (Å²) in [6.45, 7) is 4.91. The number of rotatable bonds is 9. The molecule has 0 atom stereocenters. The first-order valence-electron chi connectivity index (χ1n) is 12.5. The van der Waals surface area contributed by atoms with Crippen molar-refractivity contribution in [1.29, 1.82) is 0 Å². The number of aryl methyl sites for hydroxylation is 1. The molecule has 0 saturated heterocycles. The van der Waals surface area contributed by atoms with E-state index in [2.05, 4.69) is 10.4 Å². The van der Waals surface area contributed by atoms with E-state index in [4.69, 9.17) is 14.7 Å². The van der Waals surface area contributed by atoms with Crippen molar-refractivity contribution in [3.8, 4) is 17.1 Å². The van der Waals surface area contributed by atoms with Crippen molar-refractivity contribution in [2.24, 2.45) is 0 Å². The number of anilines is 2. The number of aromatic nitrogens is 4. The van der Waals surface area contributed by atoms with Crippen LogP contribution < -0.4 is 10.1 Å². The van der Waals surface area contributed by atoms with Gasteiger partial charge < -0.3 is 20.0 Å². The van der Waals surface area contributed by atoms with Gasteiger partial charge in [-0.3, -0.25) is 14.7 Å². The average Bonchev–Trinajstić information content (AvgIpc) is 3.32. The monoisotopic (exact) mass is 525 g/mol. The fourth-order valence-corrected chi connectivity index (χ4v) is 4.30. The number of hydrogen-bond acceptors (Lipinski definition) is 9. The quantitative estimate of drug-likeness (QED) is 0.162. The number of nitro benzene ring substituents is 1. The van der Waals surface area contributed by atoms with E-state index in [1.807, 2.05) is 56.3 Å². The summed E-state index contributed by atoms with van der Waals surface area (Å²) in [4.78, 5) is 22.5. The molecule has 3 aromatic carbocycles. The second kappa shape index (κ2) is 10.7. The largest absolute Gasteiger partial charge is 0.492 e. The molecule has 0 fully saturated rings. The molecular weight excluding hydrogens is 497 g/mol. The Kier molecular flexibility index (Phi) is 7.14. The molecule has 0 aliphatic rings. The first kappa shape index (κ1) is 26.1. The summed E-state index contributed by atoms with van der Waals surface area (Å²) in [6, 6.07) is 15.8. The summed E-state index contributed by atoms with van der Waals surface area (Å²) in [7, 11) is 3.23. The molecule has 0 unspecified atom stereocenters. The zero-order valence-electron chi connectivity index (χ0n) is 22.1. The number of benzene rings is 3. The van der Waals surface area contributed by atoms with Gasteiger partial charge in [0.05, 0.1) is 22.2 Å². The number of non-ortho nitro benzene ring substituents is 1. The highest BCUT2D eigenvalue weighted by Crippen LogP contribution is 2.33. The fourth-order valence-electron chi connectivity index (χ4n) is 4.30. The van der Waals surface area contributed by atoms with Crippen LogP contribution in [-0.4, -0.2) is 68.8 Å². The highest BCUT2D eigenvalue weighted by Gasteiger charge is 2.17.